The maximum absolute atomic E-state index is 11.8. The third-order valence-corrected chi connectivity index (χ3v) is 2.54. The summed E-state index contributed by atoms with van der Waals surface area (Å²) in [4.78, 5) is 11.8. The van der Waals surface area contributed by atoms with E-state index < -0.39 is 0 Å². The van der Waals surface area contributed by atoms with Crippen molar-refractivity contribution in [2.45, 2.75) is 26.2 Å². The number of hydrogen-bond acceptors (Lipinski definition) is 1. The smallest absolute Gasteiger partial charge is 0.163 e. The molecule has 1 aromatic carbocycles. The van der Waals surface area contributed by atoms with Gasteiger partial charge < -0.3 is 0 Å². The Hall–Kier alpha value is -1.37. The lowest BCUT2D eigenvalue weighted by Gasteiger charge is -2.09. The van der Waals surface area contributed by atoms with Gasteiger partial charge in [0, 0.05) is 12.0 Å². The van der Waals surface area contributed by atoms with Crippen molar-refractivity contribution in [3.05, 3.63) is 48.6 Å². The molecule has 0 aliphatic rings. The zero-order valence-electron chi connectivity index (χ0n) is 9.28. The first-order valence-electron chi connectivity index (χ1n) is 5.48. The van der Waals surface area contributed by atoms with Crippen molar-refractivity contribution < 1.29 is 4.79 Å². The highest BCUT2D eigenvalue weighted by Crippen LogP contribution is 2.15. The molecule has 0 bridgehead atoms. The van der Waals surface area contributed by atoms with E-state index in [0.717, 1.165) is 18.4 Å². The van der Waals surface area contributed by atoms with Crippen LogP contribution in [0.1, 0.15) is 36.5 Å². The van der Waals surface area contributed by atoms with Crippen LogP contribution in [0.3, 0.4) is 0 Å². The molecule has 1 heteroatoms. The van der Waals surface area contributed by atoms with E-state index in [0.29, 0.717) is 12.3 Å². The summed E-state index contributed by atoms with van der Waals surface area (Å²) in [6, 6.07) is 9.46. The molecule has 0 saturated carbocycles. The lowest BCUT2D eigenvalue weighted by molar-refractivity contribution is 0.0967. The number of allylic oxidation sites excluding steroid dienone is 1. The minimum Gasteiger partial charge on any atom is -0.294 e. The first-order chi connectivity index (χ1) is 7.27. The number of carbonyl (C=O) groups excluding carboxylic acids is 1. The average Bonchev–Trinajstić information content (AvgIpc) is 2.29. The van der Waals surface area contributed by atoms with Crippen molar-refractivity contribution in [2.75, 3.05) is 0 Å². The minimum absolute atomic E-state index is 0.217. The SMILES string of the molecule is C=C[C@@H](CCC)CC(=O)c1ccccc1. The van der Waals surface area contributed by atoms with Crippen LogP contribution in [0.5, 0.6) is 0 Å². The van der Waals surface area contributed by atoms with Crippen LogP contribution in [0.15, 0.2) is 43.0 Å². The Bertz CT molecular complexity index is 313. The van der Waals surface area contributed by atoms with Gasteiger partial charge in [-0.1, -0.05) is 49.8 Å². The molecule has 0 aliphatic carbocycles. The Morgan fingerprint density at radius 1 is 1.40 bits per heavy atom. The molecule has 0 N–H and O–H groups in total. The summed E-state index contributed by atoms with van der Waals surface area (Å²) >= 11 is 0. The van der Waals surface area contributed by atoms with E-state index in [1.807, 2.05) is 36.4 Å². The van der Waals surface area contributed by atoms with Gasteiger partial charge in [-0.05, 0) is 12.3 Å². The van der Waals surface area contributed by atoms with E-state index in [4.69, 9.17) is 0 Å². The molecule has 0 aromatic heterocycles. The first kappa shape index (κ1) is 11.7. The molecule has 1 nitrogen and oxygen atoms in total. The molecular weight excluding hydrogens is 184 g/mol. The fourth-order valence-electron chi connectivity index (χ4n) is 1.65. The Balaban J connectivity index is 2.58. The van der Waals surface area contributed by atoms with Crippen LogP contribution >= 0.6 is 0 Å². The molecule has 1 rings (SSSR count). The molecule has 0 saturated heterocycles. The van der Waals surface area contributed by atoms with E-state index in [1.165, 1.54) is 0 Å². The average molecular weight is 202 g/mol. The summed E-state index contributed by atoms with van der Waals surface area (Å²) in [5, 5.41) is 0. The summed E-state index contributed by atoms with van der Waals surface area (Å²) in [7, 11) is 0. The maximum Gasteiger partial charge on any atom is 0.163 e. The molecule has 0 fully saturated rings. The second kappa shape index (κ2) is 6.18. The second-order valence-electron chi connectivity index (χ2n) is 3.78. The van der Waals surface area contributed by atoms with Gasteiger partial charge in [0.2, 0.25) is 0 Å². The summed E-state index contributed by atoms with van der Waals surface area (Å²) in [5.41, 5.74) is 0.806. The van der Waals surface area contributed by atoms with Crippen molar-refractivity contribution in [3.8, 4) is 0 Å². The second-order valence-corrected chi connectivity index (χ2v) is 3.78. The highest BCUT2D eigenvalue weighted by molar-refractivity contribution is 5.96. The van der Waals surface area contributed by atoms with Crippen LogP contribution in [0.4, 0.5) is 0 Å². The molecule has 1 aromatic rings. The lowest BCUT2D eigenvalue weighted by atomic mass is 9.94. The van der Waals surface area contributed by atoms with E-state index in [1.54, 1.807) is 0 Å². The van der Waals surface area contributed by atoms with Gasteiger partial charge in [-0.3, -0.25) is 4.79 Å². The third-order valence-electron chi connectivity index (χ3n) is 2.54. The minimum atomic E-state index is 0.217. The zero-order chi connectivity index (χ0) is 11.1. The van der Waals surface area contributed by atoms with Gasteiger partial charge in [0.25, 0.3) is 0 Å². The lowest BCUT2D eigenvalue weighted by Crippen LogP contribution is -2.06. The predicted octanol–water partition coefficient (Wildman–Crippen LogP) is 3.86. The van der Waals surface area contributed by atoms with Crippen LogP contribution in [0.2, 0.25) is 0 Å². The van der Waals surface area contributed by atoms with Gasteiger partial charge in [0.15, 0.2) is 5.78 Å². The molecule has 15 heavy (non-hydrogen) atoms. The normalized spacial score (nSPS) is 12.1. The van der Waals surface area contributed by atoms with Crippen LogP contribution in [-0.2, 0) is 0 Å². The molecule has 0 heterocycles. The largest absolute Gasteiger partial charge is 0.294 e. The fourth-order valence-corrected chi connectivity index (χ4v) is 1.65. The first-order valence-corrected chi connectivity index (χ1v) is 5.48. The molecule has 0 spiro atoms. The highest BCUT2D eigenvalue weighted by atomic mass is 16.1. The Labute approximate surface area is 91.8 Å². The van der Waals surface area contributed by atoms with Crippen molar-refractivity contribution in [1.29, 1.82) is 0 Å². The number of ketones is 1. The molecule has 80 valence electrons. The molecule has 1 atom stereocenters. The molecular formula is C14H18O. The van der Waals surface area contributed by atoms with Crippen LogP contribution in [0, 0.1) is 5.92 Å². The topological polar surface area (TPSA) is 17.1 Å². The van der Waals surface area contributed by atoms with Gasteiger partial charge in [0.05, 0.1) is 0 Å². The predicted molar refractivity (Wildman–Crippen MR) is 64.0 cm³/mol. The van der Waals surface area contributed by atoms with Crippen molar-refractivity contribution >= 4 is 5.78 Å². The Morgan fingerprint density at radius 2 is 2.07 bits per heavy atom. The molecule has 0 amide bonds. The summed E-state index contributed by atoms with van der Waals surface area (Å²) in [6.07, 6.45) is 4.62. The standard InChI is InChI=1S/C14H18O/c1-3-8-12(4-2)11-14(15)13-9-6-5-7-10-13/h4-7,9-10,12H,2-3,8,11H2,1H3/t12-/m0/s1. The van der Waals surface area contributed by atoms with Crippen molar-refractivity contribution in [1.82, 2.24) is 0 Å². The zero-order valence-corrected chi connectivity index (χ0v) is 9.28. The Morgan fingerprint density at radius 3 is 2.60 bits per heavy atom. The number of hydrogen-bond donors (Lipinski definition) is 0. The number of Topliss-reactive ketones (excluding diaryl/α,β-unsaturated/α-hetero) is 1. The number of benzene rings is 1. The summed E-state index contributed by atoms with van der Waals surface area (Å²) in [6.45, 7) is 5.90. The third kappa shape index (κ3) is 3.70. The van der Waals surface area contributed by atoms with Crippen molar-refractivity contribution in [3.63, 3.8) is 0 Å². The Kier molecular flexibility index (Phi) is 4.82. The van der Waals surface area contributed by atoms with Crippen LogP contribution in [0.25, 0.3) is 0 Å². The fraction of sp³-hybridized carbons (Fsp3) is 0.357. The van der Waals surface area contributed by atoms with Gasteiger partial charge in [0.1, 0.15) is 0 Å². The maximum atomic E-state index is 11.8. The molecule has 0 unspecified atom stereocenters. The quantitative estimate of drug-likeness (QED) is 0.505. The molecule has 0 radical (unpaired) electrons. The number of carbonyl (C=O) groups is 1. The van der Waals surface area contributed by atoms with Gasteiger partial charge >= 0.3 is 0 Å². The van der Waals surface area contributed by atoms with Gasteiger partial charge in [-0.25, -0.2) is 0 Å². The summed E-state index contributed by atoms with van der Waals surface area (Å²) in [5.74, 6) is 0.539. The molecule has 0 aliphatic heterocycles. The monoisotopic (exact) mass is 202 g/mol. The van der Waals surface area contributed by atoms with Gasteiger partial charge in [-0.2, -0.15) is 0 Å². The van der Waals surface area contributed by atoms with Crippen molar-refractivity contribution in [2.24, 2.45) is 5.92 Å². The highest BCUT2D eigenvalue weighted by Gasteiger charge is 2.11. The van der Waals surface area contributed by atoms with E-state index in [9.17, 15) is 4.79 Å². The van der Waals surface area contributed by atoms with Gasteiger partial charge in [-0.15, -0.1) is 6.58 Å². The van der Waals surface area contributed by atoms with Crippen LogP contribution < -0.4 is 0 Å². The van der Waals surface area contributed by atoms with E-state index in [-0.39, 0.29) is 5.78 Å². The number of rotatable bonds is 6. The van der Waals surface area contributed by atoms with E-state index in [2.05, 4.69) is 13.5 Å². The van der Waals surface area contributed by atoms with E-state index >= 15 is 0 Å². The summed E-state index contributed by atoms with van der Waals surface area (Å²) < 4.78 is 0. The van der Waals surface area contributed by atoms with Crippen LogP contribution in [-0.4, -0.2) is 5.78 Å².